The lowest BCUT2D eigenvalue weighted by Gasteiger charge is -2.06. The number of aromatic amines is 1. The average Bonchev–Trinajstić information content (AvgIpc) is 3.05. The lowest BCUT2D eigenvalue weighted by Crippen LogP contribution is -2.42. The summed E-state index contributed by atoms with van der Waals surface area (Å²) in [5, 5.41) is 0. The van der Waals surface area contributed by atoms with Crippen LogP contribution in [0.15, 0.2) is 47.5 Å². The Kier molecular flexibility index (Phi) is 5.28. The fourth-order valence-corrected chi connectivity index (χ4v) is 2.22. The SMILES string of the molecule is COc1ccc(SCC(=O)NNC(=O)c2ccc[nH]2)cc1. The van der Waals surface area contributed by atoms with Crippen molar-refractivity contribution in [2.75, 3.05) is 12.9 Å². The van der Waals surface area contributed by atoms with E-state index in [1.54, 1.807) is 25.4 Å². The molecule has 110 valence electrons. The van der Waals surface area contributed by atoms with Gasteiger partial charge in [-0.05, 0) is 36.4 Å². The third-order valence-corrected chi connectivity index (χ3v) is 3.60. The highest BCUT2D eigenvalue weighted by Crippen LogP contribution is 2.20. The van der Waals surface area contributed by atoms with E-state index in [2.05, 4.69) is 15.8 Å². The molecule has 6 nitrogen and oxygen atoms in total. The number of carbonyl (C=O) groups is 2. The Labute approximate surface area is 126 Å². The van der Waals surface area contributed by atoms with Crippen LogP contribution < -0.4 is 15.6 Å². The van der Waals surface area contributed by atoms with Crippen molar-refractivity contribution in [2.24, 2.45) is 0 Å². The number of methoxy groups -OCH3 is 1. The second-order valence-electron chi connectivity index (χ2n) is 4.05. The van der Waals surface area contributed by atoms with Gasteiger partial charge in [-0.2, -0.15) is 0 Å². The van der Waals surface area contributed by atoms with Crippen molar-refractivity contribution in [3.63, 3.8) is 0 Å². The van der Waals surface area contributed by atoms with Crippen LogP contribution in [-0.4, -0.2) is 29.7 Å². The summed E-state index contributed by atoms with van der Waals surface area (Å²) in [4.78, 5) is 26.9. The molecule has 0 aliphatic carbocycles. The maximum absolute atomic E-state index is 11.6. The smallest absolute Gasteiger partial charge is 0.286 e. The largest absolute Gasteiger partial charge is 0.497 e. The number of aromatic nitrogens is 1. The van der Waals surface area contributed by atoms with Crippen LogP contribution in [0.1, 0.15) is 10.5 Å². The van der Waals surface area contributed by atoms with Crippen LogP contribution in [-0.2, 0) is 4.79 Å². The van der Waals surface area contributed by atoms with Crippen molar-refractivity contribution < 1.29 is 14.3 Å². The zero-order valence-corrected chi connectivity index (χ0v) is 12.2. The Hall–Kier alpha value is -2.41. The summed E-state index contributed by atoms with van der Waals surface area (Å²) in [6.45, 7) is 0. The number of hydrogen-bond acceptors (Lipinski definition) is 4. The number of thioether (sulfide) groups is 1. The van der Waals surface area contributed by atoms with Crippen LogP contribution in [0.2, 0.25) is 0 Å². The van der Waals surface area contributed by atoms with E-state index in [4.69, 9.17) is 4.74 Å². The van der Waals surface area contributed by atoms with Crippen LogP contribution in [0.3, 0.4) is 0 Å². The minimum Gasteiger partial charge on any atom is -0.497 e. The molecular formula is C14H15N3O3S. The third kappa shape index (κ3) is 4.57. The fourth-order valence-electron chi connectivity index (χ4n) is 1.52. The Morgan fingerprint density at radius 1 is 1.19 bits per heavy atom. The molecule has 0 aliphatic rings. The van der Waals surface area contributed by atoms with Gasteiger partial charge in [0.2, 0.25) is 5.91 Å². The number of benzene rings is 1. The summed E-state index contributed by atoms with van der Waals surface area (Å²) in [6, 6.07) is 10.7. The molecule has 2 rings (SSSR count). The van der Waals surface area contributed by atoms with Gasteiger partial charge in [0.05, 0.1) is 12.9 Å². The Bertz CT molecular complexity index is 596. The van der Waals surface area contributed by atoms with Crippen LogP contribution in [0.4, 0.5) is 0 Å². The van der Waals surface area contributed by atoms with Gasteiger partial charge in [-0.25, -0.2) is 0 Å². The Balaban J connectivity index is 1.73. The molecule has 0 atom stereocenters. The van der Waals surface area contributed by atoms with Crippen molar-refractivity contribution in [3.8, 4) is 5.75 Å². The highest BCUT2D eigenvalue weighted by molar-refractivity contribution is 8.00. The number of carbonyl (C=O) groups excluding carboxylic acids is 2. The van der Waals surface area contributed by atoms with E-state index in [0.29, 0.717) is 5.69 Å². The van der Waals surface area contributed by atoms with Gasteiger partial charge in [-0.15, -0.1) is 11.8 Å². The van der Waals surface area contributed by atoms with Crippen LogP contribution in [0, 0.1) is 0 Å². The first-order valence-electron chi connectivity index (χ1n) is 6.18. The summed E-state index contributed by atoms with van der Waals surface area (Å²) in [5.41, 5.74) is 5.08. The van der Waals surface area contributed by atoms with Gasteiger partial charge in [0.25, 0.3) is 5.91 Å². The van der Waals surface area contributed by atoms with E-state index in [-0.39, 0.29) is 17.6 Å². The molecule has 1 aromatic carbocycles. The molecule has 0 saturated heterocycles. The zero-order chi connectivity index (χ0) is 15.1. The van der Waals surface area contributed by atoms with Crippen LogP contribution in [0.25, 0.3) is 0 Å². The summed E-state index contributed by atoms with van der Waals surface area (Å²) in [7, 11) is 1.60. The highest BCUT2D eigenvalue weighted by atomic mass is 32.2. The van der Waals surface area contributed by atoms with E-state index >= 15 is 0 Å². The summed E-state index contributed by atoms with van der Waals surface area (Å²) < 4.78 is 5.06. The monoisotopic (exact) mass is 305 g/mol. The molecule has 0 spiro atoms. The average molecular weight is 305 g/mol. The van der Waals surface area contributed by atoms with Crippen molar-refractivity contribution >= 4 is 23.6 Å². The van der Waals surface area contributed by atoms with E-state index in [1.807, 2.05) is 24.3 Å². The fraction of sp³-hybridized carbons (Fsp3) is 0.143. The molecule has 0 saturated carbocycles. The van der Waals surface area contributed by atoms with Crippen molar-refractivity contribution in [3.05, 3.63) is 48.3 Å². The third-order valence-electron chi connectivity index (χ3n) is 2.59. The van der Waals surface area contributed by atoms with E-state index in [9.17, 15) is 9.59 Å². The van der Waals surface area contributed by atoms with Crippen LogP contribution >= 0.6 is 11.8 Å². The second kappa shape index (κ2) is 7.39. The van der Waals surface area contributed by atoms with Gasteiger partial charge in [-0.1, -0.05) is 0 Å². The second-order valence-corrected chi connectivity index (χ2v) is 5.10. The number of amides is 2. The molecule has 2 amide bonds. The molecule has 0 unspecified atom stereocenters. The predicted octanol–water partition coefficient (Wildman–Crippen LogP) is 1.58. The first kappa shape index (κ1) is 15.0. The molecule has 1 aromatic heterocycles. The van der Waals surface area contributed by atoms with Gasteiger partial charge in [0.15, 0.2) is 0 Å². The molecule has 0 bridgehead atoms. The molecule has 2 aromatic rings. The first-order valence-corrected chi connectivity index (χ1v) is 7.17. The molecule has 3 N–H and O–H groups in total. The summed E-state index contributed by atoms with van der Waals surface area (Å²) in [6.07, 6.45) is 1.64. The molecule has 21 heavy (non-hydrogen) atoms. The lowest BCUT2D eigenvalue weighted by atomic mass is 10.3. The van der Waals surface area contributed by atoms with Gasteiger partial charge in [0, 0.05) is 11.1 Å². The van der Waals surface area contributed by atoms with Gasteiger partial charge < -0.3 is 9.72 Å². The van der Waals surface area contributed by atoms with Gasteiger partial charge >= 0.3 is 0 Å². The summed E-state index contributed by atoms with van der Waals surface area (Å²) in [5.74, 6) is 0.303. The molecule has 0 aliphatic heterocycles. The number of nitrogens with one attached hydrogen (secondary N) is 3. The van der Waals surface area contributed by atoms with Crippen molar-refractivity contribution in [2.45, 2.75) is 4.90 Å². The topological polar surface area (TPSA) is 83.2 Å². The number of hydrazine groups is 1. The van der Waals surface area contributed by atoms with Gasteiger partial charge in [-0.3, -0.25) is 20.4 Å². The first-order chi connectivity index (χ1) is 10.2. The molecule has 0 fully saturated rings. The maximum atomic E-state index is 11.6. The number of H-pyrrole nitrogens is 1. The summed E-state index contributed by atoms with van der Waals surface area (Å²) >= 11 is 1.37. The normalized spacial score (nSPS) is 9.95. The Morgan fingerprint density at radius 2 is 1.95 bits per heavy atom. The molecule has 1 heterocycles. The van der Waals surface area contributed by atoms with E-state index < -0.39 is 0 Å². The minimum absolute atomic E-state index is 0.206. The lowest BCUT2D eigenvalue weighted by molar-refractivity contribution is -0.119. The highest BCUT2D eigenvalue weighted by Gasteiger charge is 2.08. The van der Waals surface area contributed by atoms with Crippen LogP contribution in [0.5, 0.6) is 5.75 Å². The molecule has 0 radical (unpaired) electrons. The minimum atomic E-state index is -0.386. The van der Waals surface area contributed by atoms with Gasteiger partial charge in [0.1, 0.15) is 11.4 Å². The molecular weight excluding hydrogens is 290 g/mol. The van der Waals surface area contributed by atoms with E-state index in [1.165, 1.54) is 11.8 Å². The molecule has 7 heteroatoms. The number of hydrogen-bond donors (Lipinski definition) is 3. The van der Waals surface area contributed by atoms with E-state index in [0.717, 1.165) is 10.6 Å². The quantitative estimate of drug-likeness (QED) is 0.578. The number of rotatable bonds is 5. The predicted molar refractivity (Wildman–Crippen MR) is 80.1 cm³/mol. The zero-order valence-electron chi connectivity index (χ0n) is 11.4. The number of ether oxygens (including phenoxy) is 1. The Morgan fingerprint density at radius 3 is 2.57 bits per heavy atom. The standard InChI is InChI=1S/C14H15N3O3S/c1-20-10-4-6-11(7-5-10)21-9-13(18)16-17-14(19)12-3-2-8-15-12/h2-8,15H,9H2,1H3,(H,16,18)(H,17,19). The maximum Gasteiger partial charge on any atom is 0.286 e. The van der Waals surface area contributed by atoms with Crippen molar-refractivity contribution in [1.82, 2.24) is 15.8 Å². The van der Waals surface area contributed by atoms with Crippen molar-refractivity contribution in [1.29, 1.82) is 0 Å².